The molecule has 2 aromatic carbocycles. The topological polar surface area (TPSA) is 76.7 Å². The van der Waals surface area contributed by atoms with Gasteiger partial charge in [0.15, 0.2) is 11.5 Å². The van der Waals surface area contributed by atoms with E-state index in [0.29, 0.717) is 27.6 Å². The maximum absolute atomic E-state index is 13.5. The van der Waals surface area contributed by atoms with Crippen molar-refractivity contribution in [2.75, 3.05) is 19.9 Å². The van der Waals surface area contributed by atoms with Crippen molar-refractivity contribution in [1.82, 2.24) is 10.6 Å². The minimum Gasteiger partial charge on any atom is -0.454 e. The first-order valence-electron chi connectivity index (χ1n) is 7.87. The number of benzene rings is 2. The summed E-state index contributed by atoms with van der Waals surface area (Å²) in [5.74, 6) is -0.381. The van der Waals surface area contributed by atoms with Gasteiger partial charge in [-0.2, -0.15) is 0 Å². The number of hydrogen-bond acceptors (Lipinski definition) is 4. The van der Waals surface area contributed by atoms with Gasteiger partial charge >= 0.3 is 0 Å². The van der Waals surface area contributed by atoms with Gasteiger partial charge in [-0.1, -0.05) is 17.7 Å². The molecule has 26 heavy (non-hydrogen) atoms. The monoisotopic (exact) mass is 378 g/mol. The Morgan fingerprint density at radius 1 is 1.08 bits per heavy atom. The van der Waals surface area contributed by atoms with Crippen molar-refractivity contribution in [2.45, 2.75) is 6.92 Å². The van der Waals surface area contributed by atoms with Crippen LogP contribution in [0.25, 0.3) is 0 Å². The summed E-state index contributed by atoms with van der Waals surface area (Å²) in [6.45, 7) is 2.07. The highest BCUT2D eigenvalue weighted by molar-refractivity contribution is 6.32. The smallest absolute Gasteiger partial charge is 0.251 e. The van der Waals surface area contributed by atoms with Gasteiger partial charge in [-0.3, -0.25) is 9.59 Å². The van der Waals surface area contributed by atoms with Crippen molar-refractivity contribution in [3.8, 4) is 11.5 Å². The fraction of sp³-hybridized carbons (Fsp3) is 0.222. The number of carbonyl (C=O) groups excluding carboxylic acids is 2. The van der Waals surface area contributed by atoms with Crippen LogP contribution >= 0.6 is 11.6 Å². The molecular weight excluding hydrogens is 363 g/mol. The molecular formula is C18H16ClFN2O4. The number of hydrogen-bond donors (Lipinski definition) is 2. The van der Waals surface area contributed by atoms with Crippen LogP contribution in [0.3, 0.4) is 0 Å². The maximum Gasteiger partial charge on any atom is 0.251 e. The minimum absolute atomic E-state index is 0.0613. The first-order valence-corrected chi connectivity index (χ1v) is 8.25. The Labute approximate surface area is 154 Å². The highest BCUT2D eigenvalue weighted by Gasteiger charge is 2.20. The summed E-state index contributed by atoms with van der Waals surface area (Å²) in [4.78, 5) is 24.1. The lowest BCUT2D eigenvalue weighted by Crippen LogP contribution is -2.34. The molecule has 0 bridgehead atoms. The van der Waals surface area contributed by atoms with Gasteiger partial charge in [0.2, 0.25) is 6.79 Å². The number of fused-ring (bicyclic) bond motifs is 1. The summed E-state index contributed by atoms with van der Waals surface area (Å²) in [7, 11) is 0. The Hall–Kier alpha value is -2.80. The van der Waals surface area contributed by atoms with Gasteiger partial charge < -0.3 is 20.1 Å². The molecule has 0 spiro atoms. The summed E-state index contributed by atoms with van der Waals surface area (Å²) >= 11 is 6.04. The highest BCUT2D eigenvalue weighted by atomic mass is 35.5. The van der Waals surface area contributed by atoms with E-state index in [0.717, 1.165) is 0 Å². The first kappa shape index (κ1) is 18.0. The molecule has 1 aliphatic heterocycles. The van der Waals surface area contributed by atoms with Crippen LogP contribution in [0.15, 0.2) is 30.3 Å². The van der Waals surface area contributed by atoms with E-state index >= 15 is 0 Å². The van der Waals surface area contributed by atoms with Gasteiger partial charge in [0.05, 0.1) is 5.02 Å². The summed E-state index contributed by atoms with van der Waals surface area (Å²) in [5, 5.41) is 5.57. The number of aryl methyl sites for hydroxylation is 1. The van der Waals surface area contributed by atoms with Crippen molar-refractivity contribution in [3.63, 3.8) is 0 Å². The highest BCUT2D eigenvalue weighted by Crippen LogP contribution is 2.39. The normalized spacial score (nSPS) is 12.0. The number of ether oxygens (including phenoxy) is 2. The van der Waals surface area contributed by atoms with Crippen LogP contribution in [0.1, 0.15) is 26.3 Å². The molecule has 0 radical (unpaired) electrons. The fourth-order valence-electron chi connectivity index (χ4n) is 2.39. The van der Waals surface area contributed by atoms with Crippen LogP contribution < -0.4 is 20.1 Å². The second-order valence-corrected chi connectivity index (χ2v) is 6.07. The molecule has 1 heterocycles. The van der Waals surface area contributed by atoms with Gasteiger partial charge in [-0.15, -0.1) is 0 Å². The average molecular weight is 379 g/mol. The Kier molecular flexibility index (Phi) is 5.27. The molecule has 0 saturated heterocycles. The lowest BCUT2D eigenvalue weighted by Gasteiger charge is -2.09. The molecule has 0 fully saturated rings. The van der Waals surface area contributed by atoms with E-state index in [4.69, 9.17) is 21.1 Å². The summed E-state index contributed by atoms with van der Waals surface area (Å²) < 4.78 is 23.9. The average Bonchev–Trinajstić information content (AvgIpc) is 3.10. The van der Waals surface area contributed by atoms with Gasteiger partial charge in [0.25, 0.3) is 11.8 Å². The zero-order chi connectivity index (χ0) is 18.7. The molecule has 0 atom stereocenters. The molecule has 1 aliphatic rings. The molecule has 3 rings (SSSR count). The van der Waals surface area contributed by atoms with Crippen LogP contribution in [-0.4, -0.2) is 31.7 Å². The zero-order valence-electron chi connectivity index (χ0n) is 13.9. The molecule has 2 N–H and O–H groups in total. The Balaban J connectivity index is 1.50. The van der Waals surface area contributed by atoms with Crippen molar-refractivity contribution in [1.29, 1.82) is 0 Å². The largest absolute Gasteiger partial charge is 0.454 e. The van der Waals surface area contributed by atoms with Gasteiger partial charge in [-0.25, -0.2) is 4.39 Å². The lowest BCUT2D eigenvalue weighted by atomic mass is 10.1. The van der Waals surface area contributed by atoms with Crippen molar-refractivity contribution in [2.24, 2.45) is 0 Å². The molecule has 0 unspecified atom stereocenters. The van der Waals surface area contributed by atoms with E-state index in [-0.39, 0.29) is 31.4 Å². The second kappa shape index (κ2) is 7.61. The van der Waals surface area contributed by atoms with Crippen LogP contribution in [0.2, 0.25) is 5.02 Å². The summed E-state index contributed by atoms with van der Waals surface area (Å²) in [5.41, 5.74) is 1.02. The predicted molar refractivity (Wildman–Crippen MR) is 93.4 cm³/mol. The Morgan fingerprint density at radius 3 is 2.46 bits per heavy atom. The molecule has 0 saturated carbocycles. The van der Waals surface area contributed by atoms with E-state index in [1.165, 1.54) is 24.3 Å². The summed E-state index contributed by atoms with van der Waals surface area (Å²) in [6.07, 6.45) is 0. The number of halogens is 2. The van der Waals surface area contributed by atoms with Gasteiger partial charge in [-0.05, 0) is 36.8 Å². The Morgan fingerprint density at radius 2 is 1.77 bits per heavy atom. The molecule has 0 aromatic heterocycles. The van der Waals surface area contributed by atoms with Gasteiger partial charge in [0, 0.05) is 24.2 Å². The van der Waals surface area contributed by atoms with E-state index in [2.05, 4.69) is 10.6 Å². The molecule has 0 aliphatic carbocycles. The van der Waals surface area contributed by atoms with E-state index in [9.17, 15) is 14.0 Å². The van der Waals surface area contributed by atoms with Crippen molar-refractivity contribution < 1.29 is 23.5 Å². The third-order valence-electron chi connectivity index (χ3n) is 3.82. The molecule has 2 aromatic rings. The fourth-order valence-corrected chi connectivity index (χ4v) is 2.65. The minimum atomic E-state index is -0.439. The zero-order valence-corrected chi connectivity index (χ0v) is 14.7. The van der Waals surface area contributed by atoms with Crippen molar-refractivity contribution in [3.05, 3.63) is 57.9 Å². The number of amides is 2. The van der Waals surface area contributed by atoms with E-state index in [1.807, 2.05) is 0 Å². The number of nitrogens with one attached hydrogen (secondary N) is 2. The van der Waals surface area contributed by atoms with E-state index < -0.39 is 11.7 Å². The van der Waals surface area contributed by atoms with Crippen LogP contribution in [0, 0.1) is 12.7 Å². The Bertz CT molecular complexity index is 873. The quantitative estimate of drug-likeness (QED) is 0.784. The van der Waals surface area contributed by atoms with Crippen LogP contribution in [-0.2, 0) is 0 Å². The third-order valence-corrected chi connectivity index (χ3v) is 4.10. The third kappa shape index (κ3) is 3.88. The number of carbonyl (C=O) groups is 2. The van der Waals surface area contributed by atoms with Crippen molar-refractivity contribution >= 4 is 23.4 Å². The van der Waals surface area contributed by atoms with Crippen LogP contribution in [0.4, 0.5) is 4.39 Å². The summed E-state index contributed by atoms with van der Waals surface area (Å²) in [6, 6.07) is 7.28. The predicted octanol–water partition coefficient (Wildman–Crippen LogP) is 2.68. The SMILES string of the molecule is Cc1ccc(C(=O)NCCNC(=O)c2cc(Cl)c3c(c2)OCO3)cc1F. The number of rotatable bonds is 5. The maximum atomic E-state index is 13.5. The van der Waals surface area contributed by atoms with Crippen LogP contribution in [0.5, 0.6) is 11.5 Å². The molecule has 2 amide bonds. The molecule has 136 valence electrons. The first-order chi connectivity index (χ1) is 12.5. The standard InChI is InChI=1S/C18H16ClFN2O4/c1-10-2-3-11(7-14(10)20)17(23)21-4-5-22-18(24)12-6-13(19)16-15(8-12)25-9-26-16/h2-3,6-8H,4-5,9H2,1H3,(H,21,23)(H,22,24). The van der Waals surface area contributed by atoms with E-state index in [1.54, 1.807) is 13.0 Å². The molecule has 6 nitrogen and oxygen atoms in total. The lowest BCUT2D eigenvalue weighted by molar-refractivity contribution is 0.0927. The second-order valence-electron chi connectivity index (χ2n) is 5.67. The molecule has 8 heteroatoms. The van der Waals surface area contributed by atoms with Gasteiger partial charge in [0.1, 0.15) is 5.82 Å².